The van der Waals surface area contributed by atoms with Gasteiger partial charge in [-0.2, -0.15) is 10.4 Å². The molecule has 2 aliphatic rings. The molecule has 0 unspecified atom stereocenters. The first-order valence-electron chi connectivity index (χ1n) is 11.5. The second kappa shape index (κ2) is 8.41. The summed E-state index contributed by atoms with van der Waals surface area (Å²) in [5.74, 6) is -0.171. The molecule has 9 heteroatoms. The van der Waals surface area contributed by atoms with E-state index in [1.807, 2.05) is 54.6 Å². The molecule has 3 heterocycles. The van der Waals surface area contributed by atoms with E-state index >= 15 is 0 Å². The number of carbonyl (C=O) groups excluding carboxylic acids is 1. The number of hydrogen-bond donors (Lipinski definition) is 1. The molecule has 0 fully saturated rings. The third-order valence-corrected chi connectivity index (χ3v) is 7.43. The minimum absolute atomic E-state index is 0.0258. The molecule has 0 saturated carbocycles. The van der Waals surface area contributed by atoms with E-state index in [9.17, 15) is 10.1 Å². The number of rotatable bonds is 3. The van der Waals surface area contributed by atoms with Crippen LogP contribution in [0.1, 0.15) is 22.4 Å². The van der Waals surface area contributed by atoms with E-state index in [-0.39, 0.29) is 23.9 Å². The number of ether oxygens (including phenoxy) is 1. The van der Waals surface area contributed by atoms with E-state index < -0.39 is 5.41 Å². The van der Waals surface area contributed by atoms with Gasteiger partial charge in [0.2, 0.25) is 17.7 Å². The lowest BCUT2D eigenvalue weighted by molar-refractivity contribution is -0.121. The van der Waals surface area contributed by atoms with Gasteiger partial charge in [-0.1, -0.05) is 65.7 Å². The number of nitriles is 1. The Balaban J connectivity index is 1.62. The summed E-state index contributed by atoms with van der Waals surface area (Å²) in [5.41, 5.74) is 8.63. The largest absolute Gasteiger partial charge is 0.422 e. The van der Waals surface area contributed by atoms with Crippen LogP contribution in [-0.4, -0.2) is 15.7 Å². The molecule has 0 aliphatic carbocycles. The first-order valence-corrected chi connectivity index (χ1v) is 12.2. The molecule has 182 valence electrons. The number of nitrogens with two attached hydrogens (primary N) is 1. The summed E-state index contributed by atoms with van der Waals surface area (Å²) in [6, 6.07) is 24.1. The Hall–Kier alpha value is -4.25. The summed E-state index contributed by atoms with van der Waals surface area (Å²) < 4.78 is 7.62. The number of carbonyl (C=O) groups is 1. The Kier molecular flexibility index (Phi) is 5.27. The van der Waals surface area contributed by atoms with Gasteiger partial charge < -0.3 is 15.4 Å². The molecule has 6 rings (SSSR count). The Labute approximate surface area is 222 Å². The Morgan fingerprint density at radius 1 is 1.08 bits per heavy atom. The first-order chi connectivity index (χ1) is 17.9. The van der Waals surface area contributed by atoms with Crippen LogP contribution in [0, 0.1) is 18.3 Å². The number of amides is 1. The Bertz CT molecular complexity index is 1670. The van der Waals surface area contributed by atoms with Gasteiger partial charge in [0.1, 0.15) is 17.1 Å². The fourth-order valence-corrected chi connectivity index (χ4v) is 5.76. The normalized spacial score (nSPS) is 18.0. The summed E-state index contributed by atoms with van der Waals surface area (Å²) in [6.45, 7) is 1.97. The molecular formula is C28H19Cl2N5O2. The fraction of sp³-hybridized carbons (Fsp3) is 0.107. The minimum Gasteiger partial charge on any atom is -0.422 e. The average molecular weight is 528 g/mol. The summed E-state index contributed by atoms with van der Waals surface area (Å²) >= 11 is 12.6. The van der Waals surface area contributed by atoms with Crippen molar-refractivity contribution in [1.82, 2.24) is 9.78 Å². The van der Waals surface area contributed by atoms with Crippen LogP contribution in [0.5, 0.6) is 5.88 Å². The highest BCUT2D eigenvalue weighted by atomic mass is 35.5. The van der Waals surface area contributed by atoms with Gasteiger partial charge in [-0.05, 0) is 42.8 Å². The van der Waals surface area contributed by atoms with E-state index in [1.54, 1.807) is 34.7 Å². The molecule has 0 radical (unpaired) electrons. The third-order valence-electron chi connectivity index (χ3n) is 6.84. The van der Waals surface area contributed by atoms with E-state index in [4.69, 9.17) is 38.8 Å². The molecule has 2 N–H and O–H groups in total. The fourth-order valence-electron chi connectivity index (χ4n) is 5.29. The van der Waals surface area contributed by atoms with Crippen molar-refractivity contribution in [1.29, 1.82) is 5.26 Å². The number of aryl methyl sites for hydroxylation is 1. The van der Waals surface area contributed by atoms with Crippen LogP contribution >= 0.6 is 23.2 Å². The van der Waals surface area contributed by atoms with Crippen LogP contribution in [0.25, 0.3) is 5.69 Å². The topological polar surface area (TPSA) is 97.2 Å². The van der Waals surface area contributed by atoms with Crippen LogP contribution in [0.3, 0.4) is 0 Å². The lowest BCUT2D eigenvalue weighted by atomic mass is 9.69. The molecule has 7 nitrogen and oxygen atoms in total. The molecule has 0 bridgehead atoms. The average Bonchev–Trinajstić information content (AvgIpc) is 3.34. The number of nitrogens with zero attached hydrogens (tertiary/aromatic N) is 4. The molecule has 3 aromatic carbocycles. The van der Waals surface area contributed by atoms with Gasteiger partial charge in [-0.15, -0.1) is 0 Å². The van der Waals surface area contributed by atoms with Gasteiger partial charge in [0.05, 0.1) is 23.5 Å². The summed E-state index contributed by atoms with van der Waals surface area (Å²) in [4.78, 5) is 16.2. The van der Waals surface area contributed by atoms with E-state index in [0.29, 0.717) is 44.0 Å². The number of hydrogen-bond acceptors (Lipinski definition) is 5. The molecule has 1 amide bonds. The number of anilines is 1. The zero-order valence-electron chi connectivity index (χ0n) is 19.6. The summed E-state index contributed by atoms with van der Waals surface area (Å²) in [7, 11) is 0. The van der Waals surface area contributed by atoms with Crippen LogP contribution < -0.4 is 15.4 Å². The highest BCUT2D eigenvalue weighted by Gasteiger charge is 2.61. The number of benzene rings is 3. The third kappa shape index (κ3) is 3.20. The molecule has 4 aromatic rings. The Morgan fingerprint density at radius 2 is 1.81 bits per heavy atom. The van der Waals surface area contributed by atoms with Crippen LogP contribution in [0.2, 0.25) is 10.0 Å². The highest BCUT2D eigenvalue weighted by molar-refractivity contribution is 6.35. The molecule has 2 aliphatic heterocycles. The van der Waals surface area contributed by atoms with Crippen LogP contribution in [0.15, 0.2) is 84.3 Å². The summed E-state index contributed by atoms with van der Waals surface area (Å²) in [6.07, 6.45) is 0. The molecular weight excluding hydrogens is 509 g/mol. The SMILES string of the molecule is Cc1nn(-c2ccccc2)c2c1[C@@]1(C(=O)N(Cc3ccc(Cl)cc3Cl)c3ccccc31)C(C#N)=C(N)O2. The molecule has 1 aromatic heterocycles. The van der Waals surface area contributed by atoms with E-state index in [0.717, 1.165) is 5.69 Å². The van der Waals surface area contributed by atoms with Gasteiger partial charge in [0.15, 0.2) is 0 Å². The maximum Gasteiger partial charge on any atom is 0.248 e. The van der Waals surface area contributed by atoms with Crippen molar-refractivity contribution in [2.75, 3.05) is 4.90 Å². The molecule has 1 spiro atoms. The quantitative estimate of drug-likeness (QED) is 0.384. The van der Waals surface area contributed by atoms with Crippen molar-refractivity contribution in [3.8, 4) is 17.6 Å². The second-order valence-electron chi connectivity index (χ2n) is 8.86. The standard InChI is InChI=1S/C28H19Cl2N5O2/c1-16-24-26(35(33-16)19-7-3-2-4-8-19)37-25(32)21(14-31)28(24)20-9-5-6-10-23(20)34(27(28)36)15-17-11-12-18(29)13-22(17)30/h2-13H,15,32H2,1H3/t28-/m0/s1. The van der Waals surface area contributed by atoms with Gasteiger partial charge in [-0.25, -0.2) is 4.68 Å². The maximum atomic E-state index is 14.6. The van der Waals surface area contributed by atoms with Gasteiger partial charge in [-0.3, -0.25) is 4.79 Å². The minimum atomic E-state index is -1.53. The number of halogens is 2. The predicted molar refractivity (Wildman–Crippen MR) is 141 cm³/mol. The van der Waals surface area contributed by atoms with E-state index in [2.05, 4.69) is 6.07 Å². The van der Waals surface area contributed by atoms with Gasteiger partial charge in [0, 0.05) is 21.3 Å². The molecule has 0 saturated heterocycles. The number of aromatic nitrogens is 2. The van der Waals surface area contributed by atoms with Crippen molar-refractivity contribution >= 4 is 34.8 Å². The zero-order chi connectivity index (χ0) is 25.9. The Morgan fingerprint density at radius 3 is 2.54 bits per heavy atom. The van der Waals surface area contributed by atoms with Crippen LogP contribution in [0.4, 0.5) is 5.69 Å². The van der Waals surface area contributed by atoms with Crippen molar-refractivity contribution in [2.24, 2.45) is 5.73 Å². The maximum absolute atomic E-state index is 14.6. The first kappa shape index (κ1) is 23.2. The van der Waals surface area contributed by atoms with Gasteiger partial charge in [0.25, 0.3) is 0 Å². The predicted octanol–water partition coefficient (Wildman–Crippen LogP) is 5.41. The van der Waals surface area contributed by atoms with E-state index in [1.165, 1.54) is 0 Å². The van der Waals surface area contributed by atoms with Crippen LogP contribution in [-0.2, 0) is 16.8 Å². The lowest BCUT2D eigenvalue weighted by Gasteiger charge is -2.33. The monoisotopic (exact) mass is 527 g/mol. The highest BCUT2D eigenvalue weighted by Crippen LogP contribution is 2.56. The van der Waals surface area contributed by atoms with Gasteiger partial charge >= 0.3 is 0 Å². The number of para-hydroxylation sites is 2. The van der Waals surface area contributed by atoms with Crippen molar-refractivity contribution < 1.29 is 9.53 Å². The molecule has 37 heavy (non-hydrogen) atoms. The number of fused-ring (bicyclic) bond motifs is 4. The second-order valence-corrected chi connectivity index (χ2v) is 9.70. The van der Waals surface area contributed by atoms with Crippen molar-refractivity contribution in [3.63, 3.8) is 0 Å². The molecule has 1 atom stereocenters. The zero-order valence-corrected chi connectivity index (χ0v) is 21.1. The van der Waals surface area contributed by atoms with Crippen molar-refractivity contribution in [3.05, 3.63) is 117 Å². The lowest BCUT2D eigenvalue weighted by Crippen LogP contribution is -2.46. The summed E-state index contributed by atoms with van der Waals surface area (Å²) in [5, 5.41) is 16.0. The van der Waals surface area contributed by atoms with Crippen molar-refractivity contribution in [2.45, 2.75) is 18.9 Å². The smallest absolute Gasteiger partial charge is 0.248 e.